The van der Waals surface area contributed by atoms with Crippen LogP contribution in [0.2, 0.25) is 0 Å². The molecule has 1 saturated heterocycles. The monoisotopic (exact) mass is 510 g/mol. The molecule has 208 valence electrons. The average molecular weight is 511 g/mol. The summed E-state index contributed by atoms with van der Waals surface area (Å²) in [6, 6.07) is -1.78. The zero-order chi connectivity index (χ0) is 25.7. The van der Waals surface area contributed by atoms with E-state index < -0.39 is 37.0 Å². The summed E-state index contributed by atoms with van der Waals surface area (Å²) in [6.07, 6.45) is 9.70. The average Bonchev–Trinajstić information content (AvgIpc) is 2.84. The summed E-state index contributed by atoms with van der Waals surface area (Å²) < 4.78 is 6.19. The number of carbonyl (C=O) groups is 1. The van der Waals surface area contributed by atoms with Gasteiger partial charge in [-0.3, -0.25) is 9.69 Å². The lowest BCUT2D eigenvalue weighted by Gasteiger charge is -2.56. The standard InChI is InChI=1S/C28H50N2O6/c1-2-3-5-8-29-27(35)23-25(33)26(34)24(32)22(17-31)30(23)9-6-4-7-10-36-18-28-14-19-11-20(15-28)13-21(12-19)16-28/h19-26,31-34H,2-18H2,1H3,(H,29,35)/t19?,20?,21?,22-,23+,24-,25+,26+,28?/m1/s1. The lowest BCUT2D eigenvalue weighted by atomic mass is 9.50. The number of hydrogen-bond donors (Lipinski definition) is 5. The van der Waals surface area contributed by atoms with E-state index in [2.05, 4.69) is 12.2 Å². The van der Waals surface area contributed by atoms with Gasteiger partial charge in [-0.1, -0.05) is 19.8 Å². The van der Waals surface area contributed by atoms with E-state index in [0.29, 0.717) is 18.5 Å². The first-order valence-corrected chi connectivity index (χ1v) is 14.6. The van der Waals surface area contributed by atoms with E-state index in [1.165, 1.54) is 38.5 Å². The molecule has 0 unspecified atom stereocenters. The largest absolute Gasteiger partial charge is 0.395 e. The Morgan fingerprint density at radius 1 is 0.917 bits per heavy atom. The normalized spacial score (nSPS) is 40.0. The second-order valence-electron chi connectivity index (χ2n) is 12.4. The third-order valence-electron chi connectivity index (χ3n) is 9.51. The van der Waals surface area contributed by atoms with Crippen molar-refractivity contribution in [1.29, 1.82) is 0 Å². The molecule has 5 N–H and O–H groups in total. The Balaban J connectivity index is 1.21. The van der Waals surface area contributed by atoms with E-state index in [9.17, 15) is 25.2 Å². The van der Waals surface area contributed by atoms with Gasteiger partial charge in [0.05, 0.1) is 19.3 Å². The Morgan fingerprint density at radius 3 is 2.19 bits per heavy atom. The van der Waals surface area contributed by atoms with Gasteiger partial charge in [0.15, 0.2) is 0 Å². The Morgan fingerprint density at radius 2 is 1.58 bits per heavy atom. The number of aliphatic hydroxyl groups excluding tert-OH is 4. The van der Waals surface area contributed by atoms with Crippen LogP contribution in [0.3, 0.4) is 0 Å². The zero-order valence-corrected chi connectivity index (χ0v) is 22.2. The highest BCUT2D eigenvalue weighted by atomic mass is 16.5. The number of rotatable bonds is 14. The van der Waals surface area contributed by atoms with Crippen molar-refractivity contribution in [2.24, 2.45) is 23.2 Å². The topological polar surface area (TPSA) is 122 Å². The first kappa shape index (κ1) is 28.2. The molecule has 0 aromatic heterocycles. The smallest absolute Gasteiger partial charge is 0.240 e. The van der Waals surface area contributed by atoms with Crippen LogP contribution in [0.1, 0.15) is 84.0 Å². The molecule has 1 aliphatic heterocycles. The summed E-state index contributed by atoms with van der Waals surface area (Å²) in [6.45, 7) is 4.29. The lowest BCUT2D eigenvalue weighted by Crippen LogP contribution is -2.70. The maximum absolute atomic E-state index is 12.9. The maximum Gasteiger partial charge on any atom is 0.240 e. The highest BCUT2D eigenvalue weighted by Crippen LogP contribution is 2.60. The van der Waals surface area contributed by atoms with Crippen molar-refractivity contribution in [3.8, 4) is 0 Å². The summed E-state index contributed by atoms with van der Waals surface area (Å²) in [5.74, 6) is 2.45. The molecule has 1 amide bonds. The Labute approximate surface area is 216 Å². The van der Waals surface area contributed by atoms with Crippen molar-refractivity contribution in [1.82, 2.24) is 10.2 Å². The van der Waals surface area contributed by atoms with Crippen molar-refractivity contribution < 1.29 is 30.0 Å². The summed E-state index contributed by atoms with van der Waals surface area (Å²) in [4.78, 5) is 14.6. The van der Waals surface area contributed by atoms with E-state index in [0.717, 1.165) is 69.5 Å². The maximum atomic E-state index is 12.9. The van der Waals surface area contributed by atoms with E-state index in [1.807, 2.05) is 0 Å². The van der Waals surface area contributed by atoms with Crippen LogP contribution >= 0.6 is 0 Å². The van der Waals surface area contributed by atoms with Crippen LogP contribution in [0.15, 0.2) is 0 Å². The Bertz CT molecular complexity index is 670. The molecule has 0 radical (unpaired) electrons. The van der Waals surface area contributed by atoms with Gasteiger partial charge in [-0.05, 0) is 93.9 Å². The van der Waals surface area contributed by atoms with Gasteiger partial charge in [-0.25, -0.2) is 0 Å². The van der Waals surface area contributed by atoms with Gasteiger partial charge in [-0.15, -0.1) is 0 Å². The van der Waals surface area contributed by atoms with Crippen molar-refractivity contribution in [3.63, 3.8) is 0 Å². The van der Waals surface area contributed by atoms with Gasteiger partial charge >= 0.3 is 0 Å². The van der Waals surface area contributed by atoms with Gasteiger partial charge in [0, 0.05) is 13.2 Å². The molecule has 5 rings (SSSR count). The quantitative estimate of drug-likeness (QED) is 0.226. The Hall–Kier alpha value is -0.770. The summed E-state index contributed by atoms with van der Waals surface area (Å²) >= 11 is 0. The molecule has 8 heteroatoms. The molecule has 5 aliphatic rings. The highest BCUT2D eigenvalue weighted by Gasteiger charge is 2.51. The van der Waals surface area contributed by atoms with E-state index in [1.54, 1.807) is 4.90 Å². The number of unbranched alkanes of at least 4 members (excludes halogenated alkanes) is 4. The molecular formula is C28H50N2O6. The highest BCUT2D eigenvalue weighted by molar-refractivity contribution is 5.82. The van der Waals surface area contributed by atoms with Crippen molar-refractivity contribution in [2.75, 3.05) is 32.9 Å². The molecule has 0 aromatic rings. The second-order valence-corrected chi connectivity index (χ2v) is 12.4. The molecule has 0 spiro atoms. The number of ether oxygens (including phenoxy) is 1. The minimum absolute atomic E-state index is 0.359. The lowest BCUT2D eigenvalue weighted by molar-refractivity contribution is -0.178. The number of likely N-dealkylation sites (tertiary alicyclic amines) is 1. The number of aliphatic hydroxyl groups is 4. The fraction of sp³-hybridized carbons (Fsp3) is 0.964. The fourth-order valence-electron chi connectivity index (χ4n) is 8.16. The SMILES string of the molecule is CCCCCNC(=O)[C@@H]1[C@H](O)[C@@H](O)[C@H](O)[C@@H](CO)N1CCCCCOCC12CC3CC(CC(C3)C1)C2. The number of nitrogens with zero attached hydrogens (tertiary/aromatic N) is 1. The van der Waals surface area contributed by atoms with Crippen LogP contribution < -0.4 is 5.32 Å². The number of piperidine rings is 1. The Kier molecular flexibility index (Phi) is 10.1. The van der Waals surface area contributed by atoms with Gasteiger partial charge in [0.2, 0.25) is 5.91 Å². The second kappa shape index (κ2) is 12.9. The fourth-order valence-corrected chi connectivity index (χ4v) is 8.16. The number of carbonyl (C=O) groups excluding carboxylic acids is 1. The van der Waals surface area contributed by atoms with E-state index in [4.69, 9.17) is 4.74 Å². The third-order valence-corrected chi connectivity index (χ3v) is 9.51. The molecule has 4 saturated carbocycles. The van der Waals surface area contributed by atoms with Gasteiger partial charge in [0.25, 0.3) is 0 Å². The van der Waals surface area contributed by atoms with Crippen LogP contribution in [0.5, 0.6) is 0 Å². The van der Waals surface area contributed by atoms with Gasteiger partial charge < -0.3 is 30.5 Å². The molecule has 5 fully saturated rings. The first-order chi connectivity index (χ1) is 17.4. The summed E-state index contributed by atoms with van der Waals surface area (Å²) in [5.41, 5.74) is 0.432. The number of nitrogens with one attached hydrogen (secondary N) is 1. The van der Waals surface area contributed by atoms with Crippen LogP contribution in [0, 0.1) is 23.2 Å². The number of hydrogen-bond acceptors (Lipinski definition) is 7. The summed E-state index contributed by atoms with van der Waals surface area (Å²) in [5, 5.41) is 44.2. The molecule has 4 aliphatic carbocycles. The zero-order valence-electron chi connectivity index (χ0n) is 22.2. The predicted molar refractivity (Wildman–Crippen MR) is 137 cm³/mol. The minimum atomic E-state index is -1.47. The third kappa shape index (κ3) is 6.44. The molecule has 4 bridgehead atoms. The molecule has 1 heterocycles. The van der Waals surface area contributed by atoms with Crippen molar-refractivity contribution in [2.45, 2.75) is 114 Å². The summed E-state index contributed by atoms with van der Waals surface area (Å²) in [7, 11) is 0. The number of amides is 1. The molecule has 8 nitrogen and oxygen atoms in total. The van der Waals surface area contributed by atoms with E-state index in [-0.39, 0.29) is 5.91 Å². The van der Waals surface area contributed by atoms with Crippen LogP contribution in [-0.2, 0) is 9.53 Å². The van der Waals surface area contributed by atoms with Gasteiger partial charge in [-0.2, -0.15) is 0 Å². The predicted octanol–water partition coefficient (Wildman–Crippen LogP) is 1.82. The van der Waals surface area contributed by atoms with Crippen LogP contribution in [0.25, 0.3) is 0 Å². The molecule has 0 aromatic carbocycles. The molecule has 5 atom stereocenters. The van der Waals surface area contributed by atoms with E-state index >= 15 is 0 Å². The molecule has 36 heavy (non-hydrogen) atoms. The van der Waals surface area contributed by atoms with Crippen LogP contribution in [0.4, 0.5) is 0 Å². The molecular weight excluding hydrogens is 460 g/mol. The first-order valence-electron chi connectivity index (χ1n) is 14.6. The van der Waals surface area contributed by atoms with Crippen LogP contribution in [-0.4, -0.2) is 94.5 Å². The van der Waals surface area contributed by atoms with Gasteiger partial charge in [0.1, 0.15) is 24.4 Å². The van der Waals surface area contributed by atoms with Crippen molar-refractivity contribution in [3.05, 3.63) is 0 Å². The minimum Gasteiger partial charge on any atom is -0.395 e. The van der Waals surface area contributed by atoms with Crippen molar-refractivity contribution >= 4 is 5.91 Å².